The molecule has 0 aliphatic carbocycles. The van der Waals surface area contributed by atoms with Crippen LogP contribution in [-0.2, 0) is 11.2 Å². The summed E-state index contributed by atoms with van der Waals surface area (Å²) in [5, 5.41) is 7.05. The van der Waals surface area contributed by atoms with Crippen molar-refractivity contribution in [1.82, 2.24) is 10.6 Å². The van der Waals surface area contributed by atoms with Crippen molar-refractivity contribution >= 4 is 41.7 Å². The molecule has 2 N–H and O–H groups in total. The Labute approximate surface area is 186 Å². The summed E-state index contributed by atoms with van der Waals surface area (Å²) in [6.45, 7) is 9.32. The number of nitrogens with zero attached hydrogens (tertiary/aromatic N) is 1. The molecular weight excluding hydrogens is 469 g/mol. The molecule has 1 aromatic rings. The van der Waals surface area contributed by atoms with Gasteiger partial charge in [0.25, 0.3) is 0 Å². The molecule has 6 heteroatoms. The molecule has 154 valence electrons. The number of hydrogen-bond acceptors (Lipinski definition) is 3. The maximum Gasteiger partial charge on any atom is 0.191 e. The Morgan fingerprint density at radius 1 is 1.19 bits per heavy atom. The van der Waals surface area contributed by atoms with Crippen molar-refractivity contribution in [3.8, 4) is 0 Å². The minimum absolute atomic E-state index is 0. The molecule has 0 spiro atoms. The van der Waals surface area contributed by atoms with E-state index in [0.717, 1.165) is 45.0 Å². The second-order valence-electron chi connectivity index (χ2n) is 7.63. The quantitative estimate of drug-likeness (QED) is 0.322. The van der Waals surface area contributed by atoms with E-state index in [0.29, 0.717) is 5.92 Å². The Morgan fingerprint density at radius 3 is 2.33 bits per heavy atom. The monoisotopic (exact) mass is 505 g/mol. The number of halogens is 1. The van der Waals surface area contributed by atoms with Crippen LogP contribution in [0.15, 0.2) is 29.3 Å². The van der Waals surface area contributed by atoms with Crippen molar-refractivity contribution in [3.05, 3.63) is 35.4 Å². The van der Waals surface area contributed by atoms with Gasteiger partial charge in [0.2, 0.25) is 0 Å². The molecule has 2 rings (SSSR count). The molecule has 1 fully saturated rings. The number of thioether (sulfide) groups is 1. The molecule has 0 saturated carbocycles. The molecular formula is C21H36IN3OS. The highest BCUT2D eigenvalue weighted by Crippen LogP contribution is 2.33. The summed E-state index contributed by atoms with van der Waals surface area (Å²) >= 11 is 1.94. The number of nitrogens with one attached hydrogen (secondary N) is 2. The third kappa shape index (κ3) is 7.81. The van der Waals surface area contributed by atoms with Crippen molar-refractivity contribution in [2.75, 3.05) is 33.1 Å². The molecule has 1 unspecified atom stereocenters. The molecule has 1 aliphatic rings. The zero-order valence-corrected chi connectivity index (χ0v) is 20.5. The van der Waals surface area contributed by atoms with Gasteiger partial charge in [-0.2, -0.15) is 11.8 Å². The molecule has 1 aromatic carbocycles. The average Bonchev–Trinajstić information content (AvgIpc) is 2.65. The van der Waals surface area contributed by atoms with E-state index >= 15 is 0 Å². The lowest BCUT2D eigenvalue weighted by Crippen LogP contribution is -2.48. The fraction of sp³-hybridized carbons (Fsp3) is 0.667. The summed E-state index contributed by atoms with van der Waals surface area (Å²) < 4.78 is 5.78. The second kappa shape index (κ2) is 12.2. The molecule has 0 radical (unpaired) electrons. The number of rotatable bonds is 7. The van der Waals surface area contributed by atoms with E-state index in [9.17, 15) is 0 Å². The van der Waals surface area contributed by atoms with Gasteiger partial charge in [-0.1, -0.05) is 38.1 Å². The molecule has 27 heavy (non-hydrogen) atoms. The van der Waals surface area contributed by atoms with E-state index < -0.39 is 0 Å². The Hall–Kier alpha value is -0.470. The van der Waals surface area contributed by atoms with Crippen LogP contribution in [0.5, 0.6) is 0 Å². The van der Waals surface area contributed by atoms with Gasteiger partial charge in [0.1, 0.15) is 0 Å². The van der Waals surface area contributed by atoms with E-state index in [4.69, 9.17) is 4.74 Å². The van der Waals surface area contributed by atoms with Crippen LogP contribution in [0.1, 0.15) is 50.8 Å². The zero-order valence-electron chi connectivity index (χ0n) is 17.4. The maximum atomic E-state index is 5.53. The van der Waals surface area contributed by atoms with Crippen LogP contribution in [0.3, 0.4) is 0 Å². The molecule has 4 nitrogen and oxygen atoms in total. The molecule has 1 saturated heterocycles. The third-order valence-corrected chi connectivity index (χ3v) is 6.53. The Balaban J connectivity index is 0.00000364. The summed E-state index contributed by atoms with van der Waals surface area (Å²) in [6.07, 6.45) is 5.51. The van der Waals surface area contributed by atoms with Crippen molar-refractivity contribution < 1.29 is 4.74 Å². The molecule has 0 bridgehead atoms. The average molecular weight is 506 g/mol. The van der Waals surface area contributed by atoms with Crippen LogP contribution >= 0.6 is 35.7 Å². The highest BCUT2D eigenvalue weighted by Gasteiger charge is 2.31. The van der Waals surface area contributed by atoms with Crippen molar-refractivity contribution in [2.45, 2.75) is 50.8 Å². The fourth-order valence-electron chi connectivity index (χ4n) is 3.34. The Kier molecular flexibility index (Phi) is 11.1. The van der Waals surface area contributed by atoms with Gasteiger partial charge in [-0.15, -0.1) is 24.0 Å². The van der Waals surface area contributed by atoms with E-state index in [1.54, 1.807) is 0 Å². The third-order valence-electron chi connectivity index (χ3n) is 5.12. The molecule has 0 amide bonds. The summed E-state index contributed by atoms with van der Waals surface area (Å²) in [6, 6.07) is 9.16. The lowest BCUT2D eigenvalue weighted by molar-refractivity contribution is 0.0782. The zero-order chi connectivity index (χ0) is 19.0. The smallest absolute Gasteiger partial charge is 0.191 e. The highest BCUT2D eigenvalue weighted by atomic mass is 127. The first-order chi connectivity index (χ1) is 12.5. The highest BCUT2D eigenvalue weighted by molar-refractivity contribution is 14.0. The predicted molar refractivity (Wildman–Crippen MR) is 130 cm³/mol. The maximum absolute atomic E-state index is 5.53. The van der Waals surface area contributed by atoms with E-state index in [-0.39, 0.29) is 34.8 Å². The summed E-state index contributed by atoms with van der Waals surface area (Å²) in [5.41, 5.74) is 2.69. The summed E-state index contributed by atoms with van der Waals surface area (Å²) in [5.74, 6) is 1.55. The lowest BCUT2D eigenvalue weighted by atomic mass is 9.99. The van der Waals surface area contributed by atoms with Gasteiger partial charge in [-0.05, 0) is 49.5 Å². The second-order valence-corrected chi connectivity index (χ2v) is 8.91. The van der Waals surface area contributed by atoms with Crippen LogP contribution < -0.4 is 10.6 Å². The normalized spacial score (nSPS) is 17.9. The number of ether oxygens (including phenoxy) is 1. The number of benzene rings is 1. The molecule has 1 atom stereocenters. The largest absolute Gasteiger partial charge is 0.381 e. The van der Waals surface area contributed by atoms with E-state index in [1.807, 2.05) is 18.8 Å². The number of hydrogen-bond donors (Lipinski definition) is 2. The number of aliphatic imine (C=N–C) groups is 1. The topological polar surface area (TPSA) is 45.7 Å². The van der Waals surface area contributed by atoms with Gasteiger partial charge in [-0.3, -0.25) is 4.99 Å². The van der Waals surface area contributed by atoms with Gasteiger partial charge < -0.3 is 15.4 Å². The Morgan fingerprint density at radius 2 is 1.81 bits per heavy atom. The molecule has 1 aliphatic heterocycles. The Bertz CT molecular complexity index is 571. The van der Waals surface area contributed by atoms with Gasteiger partial charge >= 0.3 is 0 Å². The molecule has 1 heterocycles. The predicted octanol–water partition coefficient (Wildman–Crippen LogP) is 4.64. The van der Waals surface area contributed by atoms with Crippen molar-refractivity contribution in [1.29, 1.82) is 0 Å². The van der Waals surface area contributed by atoms with Gasteiger partial charge in [0.05, 0.1) is 6.04 Å². The van der Waals surface area contributed by atoms with Crippen molar-refractivity contribution in [3.63, 3.8) is 0 Å². The minimum Gasteiger partial charge on any atom is -0.381 e. The SMILES string of the molecule is CN=C(NCC1(SC)CCOCC1)NC(C)c1ccc(CC(C)C)cc1.I. The van der Waals surface area contributed by atoms with E-state index in [1.165, 1.54) is 11.1 Å². The lowest BCUT2D eigenvalue weighted by Gasteiger charge is -2.36. The van der Waals surface area contributed by atoms with Gasteiger partial charge in [0.15, 0.2) is 5.96 Å². The number of guanidine groups is 1. The standard InChI is InChI=1S/C21H35N3OS.HI/c1-16(2)14-18-6-8-19(9-7-18)17(3)24-20(22-4)23-15-21(26-5)10-12-25-13-11-21;/h6-9,16-17H,10-15H2,1-5H3,(H2,22,23,24);1H. The van der Waals surface area contributed by atoms with Gasteiger partial charge in [-0.25, -0.2) is 0 Å². The van der Waals surface area contributed by atoms with Crippen LogP contribution in [0.25, 0.3) is 0 Å². The van der Waals surface area contributed by atoms with E-state index in [2.05, 4.69) is 66.9 Å². The van der Waals surface area contributed by atoms with Crippen LogP contribution in [-0.4, -0.2) is 43.8 Å². The summed E-state index contributed by atoms with van der Waals surface area (Å²) in [4.78, 5) is 4.41. The summed E-state index contributed by atoms with van der Waals surface area (Å²) in [7, 11) is 1.84. The van der Waals surface area contributed by atoms with Crippen LogP contribution in [0, 0.1) is 5.92 Å². The van der Waals surface area contributed by atoms with Crippen LogP contribution in [0.4, 0.5) is 0 Å². The fourth-order valence-corrected chi connectivity index (χ4v) is 4.13. The van der Waals surface area contributed by atoms with Crippen molar-refractivity contribution in [2.24, 2.45) is 10.9 Å². The van der Waals surface area contributed by atoms with Gasteiger partial charge in [0, 0.05) is 31.6 Å². The first kappa shape index (κ1) is 24.6. The first-order valence-electron chi connectivity index (χ1n) is 9.67. The molecule has 0 aromatic heterocycles. The first-order valence-corrected chi connectivity index (χ1v) is 10.9. The minimum atomic E-state index is 0. The van der Waals surface area contributed by atoms with Crippen LogP contribution in [0.2, 0.25) is 0 Å².